The molecule has 0 aliphatic rings. The quantitative estimate of drug-likeness (QED) is 0.541. The van der Waals surface area contributed by atoms with Crippen molar-refractivity contribution in [1.29, 1.82) is 0 Å². The second-order valence-electron chi connectivity index (χ2n) is 5.20. The smallest absolute Gasteiger partial charge is 0.395 e. The van der Waals surface area contributed by atoms with Crippen molar-refractivity contribution in [2.45, 2.75) is 6.61 Å². The van der Waals surface area contributed by atoms with E-state index in [0.29, 0.717) is 11.2 Å². The Labute approximate surface area is 140 Å². The lowest BCUT2D eigenvalue weighted by Gasteiger charge is -2.08. The zero-order valence-electron chi connectivity index (χ0n) is 13.1. The molecule has 1 amide bonds. The molecule has 0 fully saturated rings. The molecule has 3 rings (SSSR count). The monoisotopic (exact) mass is 343 g/mol. The van der Waals surface area contributed by atoms with Gasteiger partial charge in [-0.2, -0.15) is 0 Å². The van der Waals surface area contributed by atoms with Gasteiger partial charge in [-0.05, 0) is 23.8 Å². The number of H-pyrrole nitrogens is 1. The van der Waals surface area contributed by atoms with E-state index < -0.39 is 16.7 Å². The number of rotatable bonds is 5. The molecule has 0 aliphatic carbocycles. The second-order valence-corrected chi connectivity index (χ2v) is 5.20. The Bertz CT molecular complexity index is 1020. The van der Waals surface area contributed by atoms with Crippen molar-refractivity contribution < 1.29 is 18.9 Å². The predicted molar refractivity (Wildman–Crippen MR) is 88.6 cm³/mol. The first-order valence-electron chi connectivity index (χ1n) is 7.18. The van der Waals surface area contributed by atoms with E-state index in [1.807, 2.05) is 0 Å². The highest BCUT2D eigenvalue weighted by molar-refractivity contribution is 6.03. The average molecular weight is 343 g/mol. The van der Waals surface area contributed by atoms with Gasteiger partial charge in [0, 0.05) is 24.2 Å². The Morgan fingerprint density at radius 2 is 2.12 bits per heavy atom. The molecule has 0 radical (unpaired) electrons. The van der Waals surface area contributed by atoms with Crippen molar-refractivity contribution in [3.8, 4) is 0 Å². The second kappa shape index (κ2) is 6.57. The van der Waals surface area contributed by atoms with E-state index in [1.54, 1.807) is 18.2 Å². The highest BCUT2D eigenvalue weighted by Gasteiger charge is 2.17. The summed E-state index contributed by atoms with van der Waals surface area (Å²) in [5, 5.41) is 13.9. The number of nitrogens with zero attached hydrogens (tertiary/aromatic N) is 1. The summed E-state index contributed by atoms with van der Waals surface area (Å²) in [6, 6.07) is 8.74. The van der Waals surface area contributed by atoms with Gasteiger partial charge in [0.25, 0.3) is 5.91 Å². The Morgan fingerprint density at radius 3 is 2.80 bits per heavy atom. The number of hydrogen-bond acceptors (Lipinski definition) is 6. The minimum absolute atomic E-state index is 0.187. The van der Waals surface area contributed by atoms with E-state index in [1.165, 1.54) is 19.2 Å². The molecular formula is C16H13N3O6. The van der Waals surface area contributed by atoms with Gasteiger partial charge in [0.05, 0.1) is 18.2 Å². The van der Waals surface area contributed by atoms with Gasteiger partial charge in [-0.3, -0.25) is 19.7 Å². The molecule has 0 unspecified atom stereocenters. The van der Waals surface area contributed by atoms with Crippen LogP contribution in [0.5, 0.6) is 0 Å². The molecular weight excluding hydrogens is 330 g/mol. The molecule has 2 heterocycles. The van der Waals surface area contributed by atoms with E-state index in [4.69, 9.17) is 9.15 Å². The van der Waals surface area contributed by atoms with E-state index >= 15 is 0 Å². The van der Waals surface area contributed by atoms with Gasteiger partial charge in [0.15, 0.2) is 5.76 Å². The first-order chi connectivity index (χ1) is 12.0. The SMILES string of the molecule is COCc1cc(=O)[nH]c2cc(NC(=O)c3ccc([N+](=O)[O-])o3)ccc12. The van der Waals surface area contributed by atoms with Gasteiger partial charge < -0.3 is 19.5 Å². The first-order valence-corrected chi connectivity index (χ1v) is 7.18. The summed E-state index contributed by atoms with van der Waals surface area (Å²) in [5.41, 5.74) is 1.37. The number of methoxy groups -OCH3 is 1. The molecule has 128 valence electrons. The van der Waals surface area contributed by atoms with Crippen LogP contribution >= 0.6 is 0 Å². The van der Waals surface area contributed by atoms with Crippen LogP contribution in [0.4, 0.5) is 11.6 Å². The Hall–Kier alpha value is -3.46. The number of fused-ring (bicyclic) bond motifs is 1. The van der Waals surface area contributed by atoms with E-state index in [2.05, 4.69) is 10.3 Å². The summed E-state index contributed by atoms with van der Waals surface area (Å²) in [6.45, 7) is 0.280. The number of carbonyl (C=O) groups is 1. The van der Waals surface area contributed by atoms with Crippen LogP contribution in [0, 0.1) is 10.1 Å². The number of aromatic amines is 1. The van der Waals surface area contributed by atoms with Gasteiger partial charge >= 0.3 is 5.88 Å². The van der Waals surface area contributed by atoms with Crippen molar-refractivity contribution in [3.05, 3.63) is 68.2 Å². The third kappa shape index (κ3) is 3.40. The molecule has 9 heteroatoms. The fourth-order valence-corrected chi connectivity index (χ4v) is 2.43. The number of nitrogens with one attached hydrogen (secondary N) is 2. The van der Waals surface area contributed by atoms with Crippen LogP contribution in [0.25, 0.3) is 10.9 Å². The first kappa shape index (κ1) is 16.4. The number of ether oxygens (including phenoxy) is 1. The minimum Gasteiger partial charge on any atom is -0.395 e. The highest BCUT2D eigenvalue weighted by atomic mass is 16.6. The molecule has 25 heavy (non-hydrogen) atoms. The molecule has 0 saturated heterocycles. The van der Waals surface area contributed by atoms with E-state index in [0.717, 1.165) is 17.0 Å². The zero-order chi connectivity index (χ0) is 18.0. The fraction of sp³-hybridized carbons (Fsp3) is 0.125. The topological polar surface area (TPSA) is 127 Å². The van der Waals surface area contributed by atoms with Gasteiger partial charge in [-0.1, -0.05) is 6.07 Å². The van der Waals surface area contributed by atoms with Crippen LogP contribution in [0.3, 0.4) is 0 Å². The molecule has 3 aromatic rings. The lowest BCUT2D eigenvalue weighted by atomic mass is 10.1. The van der Waals surface area contributed by atoms with Crippen LogP contribution < -0.4 is 10.9 Å². The molecule has 0 bridgehead atoms. The van der Waals surface area contributed by atoms with Crippen molar-refractivity contribution in [1.82, 2.24) is 4.98 Å². The Morgan fingerprint density at radius 1 is 1.32 bits per heavy atom. The molecule has 2 N–H and O–H groups in total. The largest absolute Gasteiger partial charge is 0.433 e. The number of hydrogen-bond donors (Lipinski definition) is 2. The number of furan rings is 1. The lowest BCUT2D eigenvalue weighted by molar-refractivity contribution is -0.402. The van der Waals surface area contributed by atoms with E-state index in [-0.39, 0.29) is 17.9 Å². The third-order valence-electron chi connectivity index (χ3n) is 3.48. The number of amides is 1. The van der Waals surface area contributed by atoms with Crippen LogP contribution in [-0.2, 0) is 11.3 Å². The highest BCUT2D eigenvalue weighted by Crippen LogP contribution is 2.22. The zero-order valence-corrected chi connectivity index (χ0v) is 13.1. The van der Waals surface area contributed by atoms with Gasteiger partial charge in [-0.15, -0.1) is 0 Å². The fourth-order valence-electron chi connectivity index (χ4n) is 2.43. The summed E-state index contributed by atoms with van der Waals surface area (Å²) < 4.78 is 9.93. The van der Waals surface area contributed by atoms with Crippen molar-refractivity contribution in [2.24, 2.45) is 0 Å². The van der Waals surface area contributed by atoms with Gasteiger partial charge in [0.1, 0.15) is 4.92 Å². The van der Waals surface area contributed by atoms with Crippen molar-refractivity contribution in [3.63, 3.8) is 0 Å². The summed E-state index contributed by atoms with van der Waals surface area (Å²) in [7, 11) is 1.53. The molecule has 2 aromatic heterocycles. The molecule has 0 atom stereocenters. The van der Waals surface area contributed by atoms with Crippen molar-refractivity contribution in [2.75, 3.05) is 12.4 Å². The number of carbonyl (C=O) groups excluding carboxylic acids is 1. The van der Waals surface area contributed by atoms with Crippen LogP contribution in [0.15, 0.2) is 45.6 Å². The summed E-state index contributed by atoms with van der Waals surface area (Å²) in [4.78, 5) is 36.4. The number of benzene rings is 1. The maximum Gasteiger partial charge on any atom is 0.433 e. The van der Waals surface area contributed by atoms with Crippen molar-refractivity contribution >= 4 is 28.4 Å². The summed E-state index contributed by atoms with van der Waals surface area (Å²) >= 11 is 0. The molecule has 1 aromatic carbocycles. The van der Waals surface area contributed by atoms with Gasteiger partial charge in [0.2, 0.25) is 5.56 Å². The number of aromatic nitrogens is 1. The molecule has 0 aliphatic heterocycles. The molecule has 0 saturated carbocycles. The van der Waals surface area contributed by atoms with Crippen LogP contribution in [0.1, 0.15) is 16.1 Å². The Kier molecular flexibility index (Phi) is 4.31. The summed E-state index contributed by atoms with van der Waals surface area (Å²) in [5.74, 6) is -1.34. The normalized spacial score (nSPS) is 10.8. The number of anilines is 1. The molecule has 9 nitrogen and oxygen atoms in total. The molecule has 0 spiro atoms. The standard InChI is InChI=1S/C16H13N3O6/c1-24-8-9-6-14(20)18-12-7-10(2-3-11(9)12)17-16(21)13-4-5-15(25-13)19(22)23/h2-7H,8H2,1H3,(H,17,21)(H,18,20). The summed E-state index contributed by atoms with van der Waals surface area (Å²) in [6.07, 6.45) is 0. The van der Waals surface area contributed by atoms with Crippen LogP contribution in [0.2, 0.25) is 0 Å². The number of pyridine rings is 1. The van der Waals surface area contributed by atoms with Crippen LogP contribution in [-0.4, -0.2) is 22.9 Å². The average Bonchev–Trinajstić information content (AvgIpc) is 3.05. The Balaban J connectivity index is 1.89. The minimum atomic E-state index is -0.727. The van der Waals surface area contributed by atoms with Gasteiger partial charge in [-0.25, -0.2) is 0 Å². The maximum absolute atomic E-state index is 12.1. The lowest BCUT2D eigenvalue weighted by Crippen LogP contribution is -2.12. The maximum atomic E-state index is 12.1. The predicted octanol–water partition coefficient (Wildman–Crippen LogP) is 2.43. The number of nitro groups is 1. The van der Waals surface area contributed by atoms with E-state index in [9.17, 15) is 19.7 Å². The third-order valence-corrected chi connectivity index (χ3v) is 3.48.